The molecule has 1 aliphatic heterocycles. The first-order chi connectivity index (χ1) is 13.5. The van der Waals surface area contributed by atoms with Gasteiger partial charge in [-0.05, 0) is 31.5 Å². The lowest BCUT2D eigenvalue weighted by atomic mass is 9.82. The molecule has 156 valence electrons. The van der Waals surface area contributed by atoms with Gasteiger partial charge in [0.15, 0.2) is 0 Å². The van der Waals surface area contributed by atoms with Crippen LogP contribution in [0.3, 0.4) is 0 Å². The number of benzene rings is 2. The Kier molecular flexibility index (Phi) is 7.32. The van der Waals surface area contributed by atoms with E-state index >= 15 is 0 Å². The second-order valence-electron chi connectivity index (χ2n) is 6.97. The third-order valence-corrected chi connectivity index (χ3v) is 4.66. The molecule has 3 rings (SSSR count). The van der Waals surface area contributed by atoms with Gasteiger partial charge < -0.3 is 29.4 Å². The lowest BCUT2D eigenvalue weighted by Crippen LogP contribution is -2.30. The highest BCUT2D eigenvalue weighted by molar-refractivity contribution is 7.40. The van der Waals surface area contributed by atoms with Gasteiger partial charge >= 0.3 is 2.85 Å². The number of phosphoric acid groups is 1. The SMILES string of the molecule is COc1ccc(CNN=CC2=[N+](C)c3ccccc3C2(C)C)cc1.O=P([O-])([O-])[O-].[H+].[H+]. The summed E-state index contributed by atoms with van der Waals surface area (Å²) in [5.74, 6) is 0.866. The summed E-state index contributed by atoms with van der Waals surface area (Å²) in [6, 6.07) is 16.5. The zero-order valence-electron chi connectivity index (χ0n) is 18.8. The van der Waals surface area contributed by atoms with Crippen molar-refractivity contribution < 1.29 is 31.4 Å². The minimum atomic E-state index is -5.39. The Hall–Kier alpha value is -2.51. The summed E-state index contributed by atoms with van der Waals surface area (Å²) in [6.45, 7) is 5.16. The molecule has 0 amide bonds. The van der Waals surface area contributed by atoms with Gasteiger partial charge in [-0.1, -0.05) is 30.3 Å². The molecular weight excluding hydrogens is 393 g/mol. The maximum atomic E-state index is 8.55. The van der Waals surface area contributed by atoms with Gasteiger partial charge in [-0.15, -0.1) is 0 Å². The van der Waals surface area contributed by atoms with Crippen molar-refractivity contribution in [1.29, 1.82) is 0 Å². The van der Waals surface area contributed by atoms with Crippen molar-refractivity contribution in [2.24, 2.45) is 5.10 Å². The summed E-state index contributed by atoms with van der Waals surface area (Å²) < 4.78 is 15.9. The van der Waals surface area contributed by atoms with Gasteiger partial charge in [0.25, 0.3) is 0 Å². The number of nitrogens with one attached hydrogen (secondary N) is 1. The standard InChI is InChI=1S/C20H23N3O.H3O4P/c1-20(2)17-7-5-6-8-18(17)23(3)19(20)14-22-21-13-15-9-11-16(24-4)12-10-15;1-5(2,3)4/h5-12,14H,13H2,1-4H3;(H3,1,2,3,4). The molecule has 0 fully saturated rings. The van der Waals surface area contributed by atoms with Crippen LogP contribution in [0.15, 0.2) is 53.6 Å². The number of methoxy groups -OCH3 is 1. The molecule has 0 spiro atoms. The summed E-state index contributed by atoms with van der Waals surface area (Å²) in [5, 5.41) is 4.44. The van der Waals surface area contributed by atoms with E-state index in [2.05, 4.69) is 60.3 Å². The van der Waals surface area contributed by atoms with Crippen molar-refractivity contribution in [2.75, 3.05) is 14.2 Å². The van der Waals surface area contributed by atoms with Crippen molar-refractivity contribution in [3.63, 3.8) is 0 Å². The summed E-state index contributed by atoms with van der Waals surface area (Å²) in [7, 11) is -1.62. The van der Waals surface area contributed by atoms with Gasteiger partial charge in [0, 0.05) is 11.6 Å². The Morgan fingerprint density at radius 2 is 1.76 bits per heavy atom. The van der Waals surface area contributed by atoms with Gasteiger partial charge in [0.05, 0.1) is 19.1 Å². The number of para-hydroxylation sites is 1. The Balaban J connectivity index is 0.00000116. The average Bonchev–Trinajstić information content (AvgIpc) is 2.85. The van der Waals surface area contributed by atoms with Gasteiger partial charge in [-0.3, -0.25) is 0 Å². The van der Waals surface area contributed by atoms with E-state index in [-0.39, 0.29) is 8.27 Å². The van der Waals surface area contributed by atoms with Crippen molar-refractivity contribution >= 4 is 25.4 Å². The minimum absolute atomic E-state index is 0. The molecule has 0 aromatic heterocycles. The molecular formula is C20H26N3O5P. The van der Waals surface area contributed by atoms with Crippen LogP contribution in [-0.4, -0.2) is 30.7 Å². The summed E-state index contributed by atoms with van der Waals surface area (Å²) in [6.07, 6.45) is 1.93. The third-order valence-electron chi connectivity index (χ3n) is 4.66. The topological polar surface area (TPSA) is 123 Å². The molecule has 0 saturated carbocycles. The van der Waals surface area contributed by atoms with Crippen LogP contribution in [0.5, 0.6) is 5.75 Å². The Morgan fingerprint density at radius 3 is 2.31 bits per heavy atom. The first kappa shape index (κ1) is 22.8. The molecule has 0 radical (unpaired) electrons. The zero-order valence-corrected chi connectivity index (χ0v) is 17.7. The van der Waals surface area contributed by atoms with Crippen LogP contribution in [0.4, 0.5) is 5.69 Å². The van der Waals surface area contributed by atoms with Crippen LogP contribution in [0.25, 0.3) is 0 Å². The molecule has 2 aromatic carbocycles. The van der Waals surface area contributed by atoms with Gasteiger partial charge in [0.1, 0.15) is 19.0 Å². The molecule has 0 aliphatic carbocycles. The first-order valence-corrected chi connectivity index (χ1v) is 10.3. The first-order valence-electron chi connectivity index (χ1n) is 8.86. The zero-order chi connectivity index (χ0) is 21.7. The lowest BCUT2D eigenvalue weighted by Gasteiger charge is -2.36. The van der Waals surface area contributed by atoms with Crippen molar-refractivity contribution in [3.8, 4) is 5.75 Å². The van der Waals surface area contributed by atoms with Gasteiger partial charge in [0.2, 0.25) is 11.4 Å². The van der Waals surface area contributed by atoms with Crippen molar-refractivity contribution in [3.05, 3.63) is 59.7 Å². The summed E-state index contributed by atoms with van der Waals surface area (Å²) >= 11 is 0. The van der Waals surface area contributed by atoms with E-state index in [0.29, 0.717) is 6.54 Å². The smallest absolute Gasteiger partial charge is 0.822 e. The van der Waals surface area contributed by atoms with E-state index in [1.807, 2.05) is 30.5 Å². The Labute approximate surface area is 173 Å². The molecule has 2 aromatic rings. The highest BCUT2D eigenvalue weighted by Gasteiger charge is 2.43. The maximum absolute atomic E-state index is 8.55. The highest BCUT2D eigenvalue weighted by atomic mass is 31.2. The Morgan fingerprint density at radius 1 is 1.17 bits per heavy atom. The van der Waals surface area contributed by atoms with E-state index in [0.717, 1.165) is 5.75 Å². The van der Waals surface area contributed by atoms with E-state index < -0.39 is 7.82 Å². The highest BCUT2D eigenvalue weighted by Crippen LogP contribution is 2.37. The number of ether oxygens (including phenoxy) is 1. The van der Waals surface area contributed by atoms with Crippen LogP contribution >= 0.6 is 7.82 Å². The average molecular weight is 419 g/mol. The van der Waals surface area contributed by atoms with Crippen LogP contribution in [0.1, 0.15) is 27.8 Å². The van der Waals surface area contributed by atoms with E-state index in [9.17, 15) is 0 Å². The predicted octanol–water partition coefficient (Wildman–Crippen LogP) is 0.877. The van der Waals surface area contributed by atoms with Gasteiger partial charge in [-0.25, -0.2) is 0 Å². The molecule has 0 saturated heterocycles. The number of hydrogen-bond donors (Lipinski definition) is 1. The molecule has 0 bridgehead atoms. The normalized spacial score (nSPS) is 15.0. The van der Waals surface area contributed by atoms with E-state index in [1.165, 1.54) is 22.5 Å². The third kappa shape index (κ3) is 6.24. The number of hydrogen-bond acceptors (Lipinski definition) is 7. The quantitative estimate of drug-likeness (QED) is 0.332. The second-order valence-corrected chi connectivity index (χ2v) is 7.87. The Bertz CT molecular complexity index is 951. The fourth-order valence-corrected chi connectivity index (χ4v) is 3.22. The molecule has 29 heavy (non-hydrogen) atoms. The molecule has 0 atom stereocenters. The summed E-state index contributed by atoms with van der Waals surface area (Å²) in [4.78, 5) is 25.6. The monoisotopic (exact) mass is 419 g/mol. The van der Waals surface area contributed by atoms with Gasteiger partial charge in [-0.2, -0.15) is 17.5 Å². The number of fused-ring (bicyclic) bond motifs is 1. The molecule has 0 unspecified atom stereocenters. The maximum Gasteiger partial charge on any atom is 1.00 e. The second kappa shape index (κ2) is 9.33. The van der Waals surface area contributed by atoms with E-state index in [4.69, 9.17) is 24.0 Å². The molecule has 1 aliphatic rings. The van der Waals surface area contributed by atoms with Crippen molar-refractivity contribution in [2.45, 2.75) is 25.8 Å². The molecule has 9 heteroatoms. The fraction of sp³-hybridized carbons (Fsp3) is 0.300. The number of hydrazone groups is 1. The molecule has 8 nitrogen and oxygen atoms in total. The lowest BCUT2D eigenvalue weighted by molar-refractivity contribution is -0.432. The molecule has 1 heterocycles. The molecule has 1 N–H and O–H groups in total. The van der Waals surface area contributed by atoms with Crippen LogP contribution in [-0.2, 0) is 16.5 Å². The summed E-state index contributed by atoms with van der Waals surface area (Å²) in [5.41, 5.74) is 8.03. The van der Waals surface area contributed by atoms with Crippen molar-refractivity contribution in [1.82, 2.24) is 5.43 Å². The predicted molar refractivity (Wildman–Crippen MR) is 108 cm³/mol. The number of rotatable bonds is 5. The minimum Gasteiger partial charge on any atom is -0.822 e. The van der Waals surface area contributed by atoms with Crippen LogP contribution < -0.4 is 24.8 Å². The van der Waals surface area contributed by atoms with Crippen LogP contribution in [0.2, 0.25) is 0 Å². The number of nitrogens with zero attached hydrogens (tertiary/aromatic N) is 2. The largest absolute Gasteiger partial charge is 1.00 e. The van der Waals surface area contributed by atoms with Crippen LogP contribution in [0, 0.1) is 0 Å². The van der Waals surface area contributed by atoms with E-state index in [1.54, 1.807) is 7.11 Å². The fourth-order valence-electron chi connectivity index (χ4n) is 3.22.